The van der Waals surface area contributed by atoms with Gasteiger partial charge in [0.1, 0.15) is 6.04 Å². The molecule has 1 aliphatic rings. The highest BCUT2D eigenvalue weighted by atomic mass is 16.2. The van der Waals surface area contributed by atoms with Crippen molar-refractivity contribution >= 4 is 5.91 Å². The van der Waals surface area contributed by atoms with Gasteiger partial charge in [-0.2, -0.15) is 0 Å². The normalized spacial score (nSPS) is 22.8. The molecule has 0 radical (unpaired) electrons. The summed E-state index contributed by atoms with van der Waals surface area (Å²) in [5.74, 6) is 1.43. The van der Waals surface area contributed by atoms with Crippen molar-refractivity contribution in [2.75, 3.05) is 13.1 Å². The van der Waals surface area contributed by atoms with E-state index in [9.17, 15) is 4.79 Å². The van der Waals surface area contributed by atoms with E-state index >= 15 is 0 Å². The largest absolute Gasteiger partial charge is 0.342 e. The highest BCUT2D eigenvalue weighted by Gasteiger charge is 2.30. The predicted molar refractivity (Wildman–Crippen MR) is 93.1 cm³/mol. The molecule has 1 amide bonds. The summed E-state index contributed by atoms with van der Waals surface area (Å²) in [6.45, 7) is 6.26. The Bertz CT molecular complexity index is 610. The third-order valence-corrected chi connectivity index (χ3v) is 4.72. The van der Waals surface area contributed by atoms with Crippen LogP contribution >= 0.6 is 0 Å². The molecule has 3 nitrogen and oxygen atoms in total. The molecule has 1 aromatic carbocycles. The van der Waals surface area contributed by atoms with Crippen LogP contribution in [0, 0.1) is 11.8 Å². The van der Waals surface area contributed by atoms with Gasteiger partial charge in [-0.15, -0.1) is 0 Å². The molecule has 1 fully saturated rings. The fourth-order valence-corrected chi connectivity index (χ4v) is 3.77. The Labute approximate surface area is 138 Å². The average molecular weight is 310 g/mol. The monoisotopic (exact) mass is 310 g/mol. The zero-order valence-electron chi connectivity index (χ0n) is 14.1. The Balaban J connectivity index is 1.82. The lowest BCUT2D eigenvalue weighted by Crippen LogP contribution is -2.46. The van der Waals surface area contributed by atoms with Crippen molar-refractivity contribution in [3.8, 4) is 0 Å². The quantitative estimate of drug-likeness (QED) is 0.844. The van der Waals surface area contributed by atoms with Gasteiger partial charge in [0.15, 0.2) is 0 Å². The number of carbonyl (C=O) groups excluding carboxylic acids is 1. The lowest BCUT2D eigenvalue weighted by Gasteiger charge is -2.37. The number of nitrogens with zero attached hydrogens (tertiary/aromatic N) is 2. The van der Waals surface area contributed by atoms with Gasteiger partial charge in [-0.3, -0.25) is 4.79 Å². The molecular formula is C20H26N2O. The second kappa shape index (κ2) is 7.03. The smallest absolute Gasteiger partial charge is 0.245 e. The van der Waals surface area contributed by atoms with E-state index < -0.39 is 0 Å². The molecule has 0 N–H and O–H groups in total. The van der Waals surface area contributed by atoms with E-state index in [1.807, 2.05) is 42.7 Å². The van der Waals surface area contributed by atoms with Gasteiger partial charge in [0.25, 0.3) is 0 Å². The second-order valence-corrected chi connectivity index (χ2v) is 7.03. The van der Waals surface area contributed by atoms with Gasteiger partial charge in [0, 0.05) is 31.9 Å². The minimum atomic E-state index is -0.148. The number of piperidine rings is 1. The molecule has 3 rings (SSSR count). The summed E-state index contributed by atoms with van der Waals surface area (Å²) in [5, 5.41) is 0. The standard InChI is InChI=1S/C20H26N2O/c1-16-12-17(2)15-22(14-16)20(23)19(21-10-6-7-11-21)13-18-8-4-3-5-9-18/h3-11,16-17,19H,12-15H2,1-2H3/t16-,17-,19+/m1/s1. The van der Waals surface area contributed by atoms with Crippen LogP contribution in [0.2, 0.25) is 0 Å². The summed E-state index contributed by atoms with van der Waals surface area (Å²) in [6.07, 6.45) is 5.97. The molecule has 0 bridgehead atoms. The Kier molecular flexibility index (Phi) is 4.85. The van der Waals surface area contributed by atoms with Gasteiger partial charge < -0.3 is 9.47 Å². The third-order valence-electron chi connectivity index (χ3n) is 4.72. The molecule has 122 valence electrons. The maximum Gasteiger partial charge on any atom is 0.245 e. The van der Waals surface area contributed by atoms with Crippen LogP contribution in [-0.2, 0) is 11.2 Å². The van der Waals surface area contributed by atoms with Crippen LogP contribution in [0.15, 0.2) is 54.9 Å². The molecule has 3 heteroatoms. The molecule has 2 aromatic rings. The molecule has 1 aromatic heterocycles. The molecule has 1 aliphatic heterocycles. The van der Waals surface area contributed by atoms with E-state index in [1.54, 1.807) is 0 Å². The Morgan fingerprint density at radius 3 is 2.26 bits per heavy atom. The van der Waals surface area contributed by atoms with Crippen molar-refractivity contribution in [3.63, 3.8) is 0 Å². The number of likely N-dealkylation sites (tertiary alicyclic amines) is 1. The van der Waals surface area contributed by atoms with Crippen LogP contribution in [0.1, 0.15) is 31.9 Å². The lowest BCUT2D eigenvalue weighted by atomic mass is 9.91. The summed E-state index contributed by atoms with van der Waals surface area (Å²) in [7, 11) is 0. The van der Waals surface area contributed by atoms with Crippen molar-refractivity contribution < 1.29 is 4.79 Å². The van der Waals surface area contributed by atoms with E-state index in [2.05, 4.69) is 35.4 Å². The zero-order valence-corrected chi connectivity index (χ0v) is 14.1. The van der Waals surface area contributed by atoms with Crippen LogP contribution in [0.25, 0.3) is 0 Å². The van der Waals surface area contributed by atoms with Gasteiger partial charge in [-0.25, -0.2) is 0 Å². The number of carbonyl (C=O) groups is 1. The zero-order chi connectivity index (χ0) is 16.2. The van der Waals surface area contributed by atoms with Crippen molar-refractivity contribution in [2.45, 2.75) is 32.7 Å². The number of amides is 1. The van der Waals surface area contributed by atoms with Crippen LogP contribution in [0.5, 0.6) is 0 Å². The molecule has 3 atom stereocenters. The first-order chi connectivity index (χ1) is 11.1. The van der Waals surface area contributed by atoms with Gasteiger partial charge in [0.2, 0.25) is 5.91 Å². The molecule has 2 heterocycles. The first kappa shape index (κ1) is 15.9. The number of hydrogen-bond acceptors (Lipinski definition) is 1. The molecule has 0 unspecified atom stereocenters. The van der Waals surface area contributed by atoms with Crippen LogP contribution in [0.4, 0.5) is 0 Å². The van der Waals surface area contributed by atoms with E-state index in [-0.39, 0.29) is 11.9 Å². The fraction of sp³-hybridized carbons (Fsp3) is 0.450. The Hall–Kier alpha value is -2.03. The SMILES string of the molecule is C[C@@H]1C[C@@H](C)CN(C(=O)[C@H](Cc2ccccc2)n2cccc2)C1. The van der Waals surface area contributed by atoms with E-state index in [1.165, 1.54) is 12.0 Å². The van der Waals surface area contributed by atoms with Crippen LogP contribution in [0.3, 0.4) is 0 Å². The van der Waals surface area contributed by atoms with Crippen LogP contribution < -0.4 is 0 Å². The van der Waals surface area contributed by atoms with Gasteiger partial charge >= 0.3 is 0 Å². The minimum absolute atomic E-state index is 0.148. The molecule has 1 saturated heterocycles. The Morgan fingerprint density at radius 2 is 1.65 bits per heavy atom. The predicted octanol–water partition coefficient (Wildman–Crippen LogP) is 3.78. The minimum Gasteiger partial charge on any atom is -0.342 e. The molecule has 23 heavy (non-hydrogen) atoms. The van der Waals surface area contributed by atoms with E-state index in [0.717, 1.165) is 19.5 Å². The summed E-state index contributed by atoms with van der Waals surface area (Å²) >= 11 is 0. The number of rotatable bonds is 4. The molecule has 0 saturated carbocycles. The van der Waals surface area contributed by atoms with Gasteiger partial charge in [-0.05, 0) is 36.0 Å². The van der Waals surface area contributed by atoms with Crippen LogP contribution in [-0.4, -0.2) is 28.5 Å². The van der Waals surface area contributed by atoms with Gasteiger partial charge in [-0.1, -0.05) is 44.2 Å². The van der Waals surface area contributed by atoms with Gasteiger partial charge in [0.05, 0.1) is 0 Å². The van der Waals surface area contributed by atoms with Crippen molar-refractivity contribution in [2.24, 2.45) is 11.8 Å². The maximum absolute atomic E-state index is 13.2. The summed E-state index contributed by atoms with van der Waals surface area (Å²) in [4.78, 5) is 15.3. The number of benzene rings is 1. The van der Waals surface area contributed by atoms with E-state index in [0.29, 0.717) is 11.8 Å². The number of aromatic nitrogens is 1. The molecule has 0 aliphatic carbocycles. The highest BCUT2D eigenvalue weighted by molar-refractivity contribution is 5.81. The lowest BCUT2D eigenvalue weighted by molar-refractivity contribution is -0.137. The second-order valence-electron chi connectivity index (χ2n) is 7.03. The summed E-state index contributed by atoms with van der Waals surface area (Å²) < 4.78 is 2.05. The van der Waals surface area contributed by atoms with E-state index in [4.69, 9.17) is 0 Å². The van der Waals surface area contributed by atoms with Crippen molar-refractivity contribution in [1.82, 2.24) is 9.47 Å². The fourth-order valence-electron chi connectivity index (χ4n) is 3.77. The topological polar surface area (TPSA) is 25.2 Å². The van der Waals surface area contributed by atoms with Crippen molar-refractivity contribution in [3.05, 3.63) is 60.4 Å². The number of hydrogen-bond donors (Lipinski definition) is 0. The first-order valence-corrected chi connectivity index (χ1v) is 8.58. The highest BCUT2D eigenvalue weighted by Crippen LogP contribution is 2.25. The average Bonchev–Trinajstić information content (AvgIpc) is 3.06. The summed E-state index contributed by atoms with van der Waals surface area (Å²) in [6, 6.07) is 14.1. The molecule has 0 spiro atoms. The Morgan fingerprint density at radius 1 is 1.04 bits per heavy atom. The maximum atomic E-state index is 13.2. The third kappa shape index (κ3) is 3.84. The molecular weight excluding hydrogens is 284 g/mol. The summed E-state index contributed by atoms with van der Waals surface area (Å²) in [5.41, 5.74) is 1.21. The first-order valence-electron chi connectivity index (χ1n) is 8.58. The van der Waals surface area contributed by atoms with Crippen molar-refractivity contribution in [1.29, 1.82) is 0 Å².